The second-order valence-corrected chi connectivity index (χ2v) is 17.3. The van der Waals surface area contributed by atoms with Crippen molar-refractivity contribution < 1.29 is 4.42 Å². The Kier molecular flexibility index (Phi) is 10.1. The lowest BCUT2D eigenvalue weighted by molar-refractivity contribution is 0.670. The first kappa shape index (κ1) is 39.8. The topological polar surface area (TPSA) is 16.4 Å². The largest absolute Gasteiger partial charge is 0.455 e. The number of benzene rings is 11. The third-order valence-electron chi connectivity index (χ3n) is 13.2. The summed E-state index contributed by atoms with van der Waals surface area (Å²) in [7, 11) is 0. The standard InChI is InChI=1S/C65H45NO/c1-44-26-28-51(29-27-44)58-42-43-62(64-61-23-11-12-25-63(61)67-65(58)64)66(52-38-34-46(35-39-52)45-30-32-49(33-31-45)55-24-13-17-48-16-5-6-18-54(48)55)53-40-36-50(37-41-53)57-20-8-10-22-60(57)59-21-9-7-19-56(59)47-14-3-2-4-15-47/h2-43H,1H3. The summed E-state index contributed by atoms with van der Waals surface area (Å²) in [6.45, 7) is 2.13. The van der Waals surface area contributed by atoms with Gasteiger partial charge in [-0.05, 0) is 121 Å². The van der Waals surface area contributed by atoms with E-state index in [2.05, 4.69) is 267 Å². The van der Waals surface area contributed by atoms with Crippen molar-refractivity contribution in [3.8, 4) is 66.8 Å². The summed E-state index contributed by atoms with van der Waals surface area (Å²) in [6.07, 6.45) is 0. The summed E-state index contributed by atoms with van der Waals surface area (Å²) in [5, 5.41) is 4.67. The quantitative estimate of drug-likeness (QED) is 0.144. The number of para-hydroxylation sites is 1. The fourth-order valence-electron chi connectivity index (χ4n) is 9.85. The first-order valence-corrected chi connectivity index (χ1v) is 23.0. The van der Waals surface area contributed by atoms with Crippen molar-refractivity contribution in [1.82, 2.24) is 0 Å². The van der Waals surface area contributed by atoms with E-state index in [0.29, 0.717) is 0 Å². The van der Waals surface area contributed by atoms with Crippen molar-refractivity contribution >= 4 is 49.8 Å². The van der Waals surface area contributed by atoms with Gasteiger partial charge in [-0.25, -0.2) is 0 Å². The lowest BCUT2D eigenvalue weighted by Gasteiger charge is -2.27. The summed E-state index contributed by atoms with van der Waals surface area (Å²) < 4.78 is 6.82. The highest BCUT2D eigenvalue weighted by atomic mass is 16.3. The number of hydrogen-bond donors (Lipinski definition) is 0. The molecule has 11 aromatic carbocycles. The minimum Gasteiger partial charge on any atom is -0.455 e. The van der Waals surface area contributed by atoms with E-state index in [1.165, 1.54) is 60.8 Å². The molecule has 12 aromatic rings. The van der Waals surface area contributed by atoms with Crippen LogP contribution >= 0.6 is 0 Å². The number of hydrogen-bond acceptors (Lipinski definition) is 2. The number of fused-ring (bicyclic) bond motifs is 4. The van der Waals surface area contributed by atoms with Crippen LogP contribution in [-0.2, 0) is 0 Å². The van der Waals surface area contributed by atoms with E-state index >= 15 is 0 Å². The van der Waals surface area contributed by atoms with Crippen LogP contribution in [0.2, 0.25) is 0 Å². The van der Waals surface area contributed by atoms with Gasteiger partial charge in [0, 0.05) is 22.3 Å². The smallest absolute Gasteiger partial charge is 0.145 e. The second-order valence-electron chi connectivity index (χ2n) is 17.3. The molecular weight excluding hydrogens is 811 g/mol. The summed E-state index contributed by atoms with van der Waals surface area (Å²) in [5.41, 5.74) is 20.3. The molecule has 0 radical (unpaired) electrons. The Balaban J connectivity index is 0.976. The maximum Gasteiger partial charge on any atom is 0.145 e. The molecule has 0 fully saturated rings. The predicted octanol–water partition coefficient (Wildman–Crippen LogP) is 18.5. The summed E-state index contributed by atoms with van der Waals surface area (Å²) in [6, 6.07) is 91.9. The molecule has 0 N–H and O–H groups in total. The van der Waals surface area contributed by atoms with Crippen LogP contribution in [0.4, 0.5) is 17.1 Å². The van der Waals surface area contributed by atoms with E-state index in [9.17, 15) is 0 Å². The highest BCUT2D eigenvalue weighted by Crippen LogP contribution is 2.47. The molecule has 0 unspecified atom stereocenters. The van der Waals surface area contributed by atoms with Crippen LogP contribution in [0, 0.1) is 6.92 Å². The fourth-order valence-corrected chi connectivity index (χ4v) is 9.85. The number of anilines is 3. The van der Waals surface area contributed by atoms with Gasteiger partial charge in [-0.2, -0.15) is 0 Å². The fraction of sp³-hybridized carbons (Fsp3) is 0.0154. The molecule has 1 aromatic heterocycles. The minimum atomic E-state index is 0.864. The highest BCUT2D eigenvalue weighted by Gasteiger charge is 2.23. The van der Waals surface area contributed by atoms with Crippen molar-refractivity contribution in [2.24, 2.45) is 0 Å². The van der Waals surface area contributed by atoms with Crippen LogP contribution in [0.25, 0.3) is 99.5 Å². The van der Waals surface area contributed by atoms with Gasteiger partial charge in [0.05, 0.1) is 11.1 Å². The third-order valence-corrected chi connectivity index (χ3v) is 13.2. The van der Waals surface area contributed by atoms with E-state index in [0.717, 1.165) is 61.3 Å². The molecular formula is C65H45NO. The predicted molar refractivity (Wildman–Crippen MR) is 283 cm³/mol. The molecule has 12 rings (SSSR count). The first-order valence-electron chi connectivity index (χ1n) is 23.0. The van der Waals surface area contributed by atoms with Gasteiger partial charge < -0.3 is 9.32 Å². The molecule has 0 aliphatic carbocycles. The van der Waals surface area contributed by atoms with Crippen LogP contribution in [0.1, 0.15) is 5.56 Å². The van der Waals surface area contributed by atoms with Gasteiger partial charge in [0.2, 0.25) is 0 Å². The molecule has 0 bridgehead atoms. The molecule has 1 heterocycles. The molecule has 0 saturated carbocycles. The molecule has 0 spiro atoms. The van der Waals surface area contributed by atoms with Crippen molar-refractivity contribution in [2.45, 2.75) is 6.92 Å². The van der Waals surface area contributed by atoms with Gasteiger partial charge in [0.1, 0.15) is 11.2 Å². The van der Waals surface area contributed by atoms with Crippen LogP contribution in [-0.4, -0.2) is 0 Å². The molecule has 0 atom stereocenters. The van der Waals surface area contributed by atoms with E-state index in [-0.39, 0.29) is 0 Å². The van der Waals surface area contributed by atoms with Gasteiger partial charge >= 0.3 is 0 Å². The van der Waals surface area contributed by atoms with Crippen LogP contribution in [0.3, 0.4) is 0 Å². The van der Waals surface area contributed by atoms with Crippen molar-refractivity contribution in [3.05, 3.63) is 260 Å². The Bertz CT molecular complexity index is 3710. The van der Waals surface area contributed by atoms with Gasteiger partial charge in [-0.3, -0.25) is 0 Å². The summed E-state index contributed by atoms with van der Waals surface area (Å²) >= 11 is 0. The molecule has 0 amide bonds. The van der Waals surface area contributed by atoms with E-state index in [1.807, 2.05) is 0 Å². The van der Waals surface area contributed by atoms with Gasteiger partial charge in [-0.15, -0.1) is 0 Å². The minimum absolute atomic E-state index is 0.864. The zero-order chi connectivity index (χ0) is 44.7. The second kappa shape index (κ2) is 17.0. The molecule has 0 saturated heterocycles. The van der Waals surface area contributed by atoms with Crippen molar-refractivity contribution in [3.63, 3.8) is 0 Å². The Hall–Kier alpha value is -8.72. The summed E-state index contributed by atoms with van der Waals surface area (Å²) in [5.74, 6) is 0. The number of aryl methyl sites for hydroxylation is 1. The normalized spacial score (nSPS) is 11.4. The molecule has 2 nitrogen and oxygen atoms in total. The Morgan fingerprint density at radius 2 is 0.746 bits per heavy atom. The van der Waals surface area contributed by atoms with Crippen molar-refractivity contribution in [2.75, 3.05) is 4.90 Å². The average Bonchev–Trinajstić information content (AvgIpc) is 3.80. The van der Waals surface area contributed by atoms with Crippen LogP contribution < -0.4 is 4.90 Å². The molecule has 0 aliphatic rings. The Morgan fingerprint density at radius 1 is 0.299 bits per heavy atom. The zero-order valence-corrected chi connectivity index (χ0v) is 37.1. The van der Waals surface area contributed by atoms with Gasteiger partial charge in [0.25, 0.3) is 0 Å². The Morgan fingerprint density at radius 3 is 1.42 bits per heavy atom. The maximum absolute atomic E-state index is 6.82. The van der Waals surface area contributed by atoms with E-state index in [1.54, 1.807) is 0 Å². The van der Waals surface area contributed by atoms with E-state index in [4.69, 9.17) is 4.42 Å². The Labute approximate surface area is 391 Å². The van der Waals surface area contributed by atoms with Crippen LogP contribution in [0.5, 0.6) is 0 Å². The average molecular weight is 856 g/mol. The van der Waals surface area contributed by atoms with E-state index < -0.39 is 0 Å². The maximum atomic E-state index is 6.82. The summed E-state index contributed by atoms with van der Waals surface area (Å²) in [4.78, 5) is 2.39. The number of rotatable bonds is 9. The van der Waals surface area contributed by atoms with Crippen molar-refractivity contribution in [1.29, 1.82) is 0 Å². The molecule has 316 valence electrons. The highest BCUT2D eigenvalue weighted by molar-refractivity contribution is 6.17. The van der Waals surface area contributed by atoms with Crippen LogP contribution in [0.15, 0.2) is 259 Å². The lowest BCUT2D eigenvalue weighted by atomic mass is 9.89. The van der Waals surface area contributed by atoms with Gasteiger partial charge in [0.15, 0.2) is 0 Å². The molecule has 2 heteroatoms. The number of furan rings is 1. The SMILES string of the molecule is Cc1ccc(-c2ccc(N(c3ccc(-c4ccc(-c5cccc6ccccc56)cc4)cc3)c3ccc(-c4ccccc4-c4ccccc4-c4ccccc4)cc3)c3c2oc2ccccc23)cc1. The monoisotopic (exact) mass is 855 g/mol. The zero-order valence-electron chi connectivity index (χ0n) is 37.1. The lowest BCUT2D eigenvalue weighted by Crippen LogP contribution is -2.10. The van der Waals surface area contributed by atoms with Gasteiger partial charge in [-0.1, -0.05) is 218 Å². The number of nitrogens with zero attached hydrogens (tertiary/aromatic N) is 1. The first-order chi connectivity index (χ1) is 33.1. The molecule has 0 aliphatic heterocycles. The molecule has 67 heavy (non-hydrogen) atoms. The third kappa shape index (κ3) is 7.35.